The summed E-state index contributed by atoms with van der Waals surface area (Å²) in [4.78, 5) is 11.4. The predicted molar refractivity (Wildman–Crippen MR) is 60.4 cm³/mol. The Labute approximate surface area is 90.6 Å². The summed E-state index contributed by atoms with van der Waals surface area (Å²) >= 11 is 0. The first kappa shape index (κ1) is 10.4. The van der Waals surface area contributed by atoms with Crippen molar-refractivity contribution < 1.29 is 4.79 Å². The van der Waals surface area contributed by atoms with Gasteiger partial charge in [-0.2, -0.15) is 5.10 Å². The van der Waals surface area contributed by atoms with Crippen molar-refractivity contribution in [2.24, 2.45) is 22.9 Å². The molecule has 0 aromatic rings. The molecule has 0 heterocycles. The van der Waals surface area contributed by atoms with E-state index in [2.05, 4.69) is 22.7 Å². The van der Waals surface area contributed by atoms with E-state index in [-0.39, 0.29) is 5.91 Å². The zero-order valence-electron chi connectivity index (χ0n) is 9.36. The number of carbonyl (C=O) groups is 1. The van der Waals surface area contributed by atoms with Gasteiger partial charge in [0.05, 0.1) is 0 Å². The van der Waals surface area contributed by atoms with Gasteiger partial charge in [-0.1, -0.05) is 26.0 Å². The molecule has 1 saturated carbocycles. The van der Waals surface area contributed by atoms with E-state index in [9.17, 15) is 4.79 Å². The molecule has 0 bridgehead atoms. The lowest BCUT2D eigenvalue weighted by Gasteiger charge is -2.31. The molecule has 0 unspecified atom stereocenters. The van der Waals surface area contributed by atoms with Gasteiger partial charge in [-0.3, -0.25) is 4.79 Å². The zero-order valence-corrected chi connectivity index (χ0v) is 9.36. The lowest BCUT2D eigenvalue weighted by Crippen LogP contribution is -2.35. The van der Waals surface area contributed by atoms with Crippen molar-refractivity contribution in [1.82, 2.24) is 5.43 Å². The van der Waals surface area contributed by atoms with Crippen molar-refractivity contribution in [3.8, 4) is 0 Å². The minimum Gasteiger partial charge on any atom is -0.273 e. The van der Waals surface area contributed by atoms with Gasteiger partial charge >= 0.3 is 0 Å². The molecule has 2 atom stereocenters. The molecule has 2 aliphatic carbocycles. The molecule has 2 rings (SSSR count). The molecule has 0 aromatic heterocycles. The molecule has 0 radical (unpaired) electrons. The summed E-state index contributed by atoms with van der Waals surface area (Å²) in [5.74, 6) is 1.72. The largest absolute Gasteiger partial charge is 0.273 e. The minimum absolute atomic E-state index is 0.0342. The first-order chi connectivity index (χ1) is 7.16. The highest BCUT2D eigenvalue weighted by Crippen LogP contribution is 2.39. The highest BCUT2D eigenvalue weighted by atomic mass is 16.2. The fourth-order valence-corrected chi connectivity index (χ4v) is 2.21. The van der Waals surface area contributed by atoms with Crippen LogP contribution < -0.4 is 5.43 Å². The van der Waals surface area contributed by atoms with Crippen LogP contribution in [0.5, 0.6) is 0 Å². The van der Waals surface area contributed by atoms with E-state index < -0.39 is 0 Å². The van der Waals surface area contributed by atoms with E-state index in [1.54, 1.807) is 0 Å². The predicted octanol–water partition coefficient (Wildman–Crippen LogP) is 2.10. The van der Waals surface area contributed by atoms with Crippen molar-refractivity contribution in [2.45, 2.75) is 33.1 Å². The molecule has 0 aromatic carbocycles. The Hall–Kier alpha value is -1.12. The van der Waals surface area contributed by atoms with Crippen LogP contribution in [0.1, 0.15) is 33.1 Å². The van der Waals surface area contributed by atoms with Crippen molar-refractivity contribution >= 4 is 11.6 Å². The molecular weight excluding hydrogens is 188 g/mol. The molecule has 3 heteroatoms. The molecule has 1 fully saturated rings. The second-order valence-electron chi connectivity index (χ2n) is 4.87. The number of nitrogens with zero attached hydrogens (tertiary/aromatic N) is 1. The SMILES string of the molecule is CC(C)CC(=O)N/N=C1\C[C@H]2C=CC[C@@H]12. The number of fused-ring (bicyclic) bond motifs is 1. The lowest BCUT2D eigenvalue weighted by atomic mass is 9.74. The van der Waals surface area contributed by atoms with Crippen LogP contribution in [-0.2, 0) is 4.79 Å². The van der Waals surface area contributed by atoms with E-state index in [1.165, 1.54) is 5.71 Å². The van der Waals surface area contributed by atoms with Crippen LogP contribution in [-0.4, -0.2) is 11.6 Å². The van der Waals surface area contributed by atoms with Crippen molar-refractivity contribution in [1.29, 1.82) is 0 Å². The van der Waals surface area contributed by atoms with Crippen molar-refractivity contribution in [2.75, 3.05) is 0 Å². The summed E-state index contributed by atoms with van der Waals surface area (Å²) in [6.07, 6.45) is 7.17. The van der Waals surface area contributed by atoms with E-state index in [0.717, 1.165) is 12.8 Å². The Morgan fingerprint density at radius 1 is 1.67 bits per heavy atom. The number of hydrogen-bond acceptors (Lipinski definition) is 2. The van der Waals surface area contributed by atoms with Gasteiger partial charge in [-0.25, -0.2) is 5.43 Å². The van der Waals surface area contributed by atoms with Crippen molar-refractivity contribution in [3.63, 3.8) is 0 Å². The number of hydrogen-bond donors (Lipinski definition) is 1. The van der Waals surface area contributed by atoms with Gasteiger partial charge in [0.2, 0.25) is 5.91 Å². The topological polar surface area (TPSA) is 41.5 Å². The van der Waals surface area contributed by atoms with Gasteiger partial charge in [-0.15, -0.1) is 0 Å². The quantitative estimate of drug-likeness (QED) is 0.557. The van der Waals surface area contributed by atoms with Crippen LogP contribution in [0, 0.1) is 17.8 Å². The third-order valence-corrected chi connectivity index (χ3v) is 3.08. The molecular formula is C12H18N2O. The number of nitrogens with one attached hydrogen (secondary N) is 1. The monoisotopic (exact) mass is 206 g/mol. The first-order valence-electron chi connectivity index (χ1n) is 5.68. The van der Waals surface area contributed by atoms with Gasteiger partial charge in [0.1, 0.15) is 0 Å². The van der Waals surface area contributed by atoms with Crippen LogP contribution in [0.4, 0.5) is 0 Å². The molecule has 1 amide bonds. The van der Waals surface area contributed by atoms with Gasteiger partial charge in [-0.05, 0) is 24.7 Å². The maximum atomic E-state index is 11.4. The van der Waals surface area contributed by atoms with Gasteiger partial charge in [0.25, 0.3) is 0 Å². The molecule has 2 aliphatic rings. The molecule has 15 heavy (non-hydrogen) atoms. The molecule has 0 spiro atoms. The maximum absolute atomic E-state index is 11.4. The highest BCUT2D eigenvalue weighted by Gasteiger charge is 2.37. The Morgan fingerprint density at radius 2 is 2.47 bits per heavy atom. The smallest absolute Gasteiger partial charge is 0.240 e. The van der Waals surface area contributed by atoms with Crippen LogP contribution in [0.2, 0.25) is 0 Å². The highest BCUT2D eigenvalue weighted by molar-refractivity contribution is 5.94. The number of amides is 1. The summed E-state index contributed by atoms with van der Waals surface area (Å²) in [7, 11) is 0. The summed E-state index contributed by atoms with van der Waals surface area (Å²) in [5, 5.41) is 4.20. The molecule has 3 nitrogen and oxygen atoms in total. The van der Waals surface area contributed by atoms with E-state index in [1.807, 2.05) is 13.8 Å². The fraction of sp³-hybridized carbons (Fsp3) is 0.667. The standard InChI is InChI=1S/C12H18N2O/c1-8(2)6-12(15)14-13-11-7-9-4-3-5-10(9)11/h3-4,8-10H,5-7H2,1-2H3,(H,14,15)/b13-11+/t9-,10-/m1/s1. The molecule has 0 aliphatic heterocycles. The second kappa shape index (κ2) is 4.17. The van der Waals surface area contributed by atoms with E-state index in [4.69, 9.17) is 0 Å². The summed E-state index contributed by atoms with van der Waals surface area (Å²) in [5.41, 5.74) is 3.82. The fourth-order valence-electron chi connectivity index (χ4n) is 2.21. The maximum Gasteiger partial charge on any atom is 0.240 e. The zero-order chi connectivity index (χ0) is 10.8. The van der Waals surface area contributed by atoms with Crippen LogP contribution in [0.25, 0.3) is 0 Å². The normalized spacial score (nSPS) is 30.5. The summed E-state index contributed by atoms with van der Waals surface area (Å²) in [6.45, 7) is 4.07. The van der Waals surface area contributed by atoms with Gasteiger partial charge in [0.15, 0.2) is 0 Å². The van der Waals surface area contributed by atoms with Gasteiger partial charge < -0.3 is 0 Å². The Bertz CT molecular complexity index is 318. The summed E-state index contributed by atoms with van der Waals surface area (Å²) < 4.78 is 0. The van der Waals surface area contributed by atoms with Crippen LogP contribution in [0.3, 0.4) is 0 Å². The average Bonchev–Trinajstić information content (AvgIpc) is 2.46. The van der Waals surface area contributed by atoms with E-state index >= 15 is 0 Å². The minimum atomic E-state index is 0.0342. The van der Waals surface area contributed by atoms with Crippen LogP contribution >= 0.6 is 0 Å². The lowest BCUT2D eigenvalue weighted by molar-refractivity contribution is -0.121. The second-order valence-corrected chi connectivity index (χ2v) is 4.87. The van der Waals surface area contributed by atoms with E-state index in [0.29, 0.717) is 24.2 Å². The van der Waals surface area contributed by atoms with Crippen LogP contribution in [0.15, 0.2) is 17.3 Å². The first-order valence-corrected chi connectivity index (χ1v) is 5.68. The third-order valence-electron chi connectivity index (χ3n) is 3.08. The van der Waals surface area contributed by atoms with Crippen molar-refractivity contribution in [3.05, 3.63) is 12.2 Å². The average molecular weight is 206 g/mol. The Morgan fingerprint density at radius 3 is 3.13 bits per heavy atom. The summed E-state index contributed by atoms with van der Waals surface area (Å²) in [6, 6.07) is 0. The Balaban J connectivity index is 1.78. The number of hydrazone groups is 1. The number of rotatable bonds is 3. The third kappa shape index (κ3) is 2.28. The molecule has 0 saturated heterocycles. The van der Waals surface area contributed by atoms with Gasteiger partial charge in [0, 0.05) is 18.1 Å². The number of allylic oxidation sites excluding steroid dienone is 2. The number of carbonyl (C=O) groups excluding carboxylic acids is 1. The molecule has 82 valence electrons. The molecule has 1 N–H and O–H groups in total. The Kier molecular flexibility index (Phi) is 2.89.